The van der Waals surface area contributed by atoms with Gasteiger partial charge in [-0.1, -0.05) is 0 Å². The second-order valence-corrected chi connectivity index (χ2v) is 7.46. The van der Waals surface area contributed by atoms with Crippen molar-refractivity contribution < 1.29 is 8.42 Å². The average Bonchev–Trinajstić information content (AvgIpc) is 2.38. The van der Waals surface area contributed by atoms with Gasteiger partial charge in [0.1, 0.15) is 0 Å². The van der Waals surface area contributed by atoms with Gasteiger partial charge in [0.15, 0.2) is 9.84 Å². The van der Waals surface area contributed by atoms with Crippen LogP contribution in [-0.4, -0.2) is 33.8 Å². The minimum atomic E-state index is -3.12. The Kier molecular flexibility index (Phi) is 4.16. The number of benzene rings is 1. The summed E-state index contributed by atoms with van der Waals surface area (Å²) in [6, 6.07) is 7.64. The lowest BCUT2D eigenvalue weighted by atomic mass is 9.93. The lowest BCUT2D eigenvalue weighted by Gasteiger charge is -2.39. The van der Waals surface area contributed by atoms with Crippen LogP contribution >= 0.6 is 0 Å². The van der Waals surface area contributed by atoms with Gasteiger partial charge in [0.05, 0.1) is 4.90 Å². The van der Waals surface area contributed by atoms with Gasteiger partial charge in [0.25, 0.3) is 0 Å². The lowest BCUT2D eigenvalue weighted by molar-refractivity contribution is 0.374. The van der Waals surface area contributed by atoms with Crippen LogP contribution in [0, 0.1) is 5.92 Å². The van der Waals surface area contributed by atoms with Crippen molar-refractivity contribution in [2.75, 3.05) is 24.2 Å². The largest absolute Gasteiger partial charge is 0.369 e. The molecule has 1 fully saturated rings. The van der Waals surface area contributed by atoms with E-state index >= 15 is 0 Å². The quantitative estimate of drug-likeness (QED) is 0.915. The third-order valence-electron chi connectivity index (χ3n) is 3.91. The third-order valence-corrected chi connectivity index (χ3v) is 5.04. The number of hydrogen-bond acceptors (Lipinski definition) is 4. The molecule has 2 rings (SSSR count). The molecule has 0 saturated carbocycles. The normalized spacial score (nSPS) is 24.5. The molecule has 1 aromatic carbocycles. The molecule has 0 aromatic heterocycles. The van der Waals surface area contributed by atoms with Crippen LogP contribution in [0.15, 0.2) is 29.2 Å². The Bertz CT molecular complexity index is 525. The molecule has 0 radical (unpaired) electrons. The summed E-state index contributed by atoms with van der Waals surface area (Å²) < 4.78 is 22.9. The van der Waals surface area contributed by atoms with Crippen LogP contribution in [0.1, 0.15) is 19.8 Å². The minimum absolute atomic E-state index is 0.372. The number of rotatable bonds is 3. The van der Waals surface area contributed by atoms with E-state index in [1.807, 2.05) is 12.1 Å². The standard InChI is InChI=1S/C14H22N2O2S/c1-11-3-4-12(9-15)10-16(11)13-5-7-14(8-6-13)19(2,17)18/h5-8,11-12H,3-4,9-10,15H2,1-2H3. The highest BCUT2D eigenvalue weighted by Gasteiger charge is 2.24. The molecular weight excluding hydrogens is 260 g/mol. The van der Waals surface area contributed by atoms with E-state index in [4.69, 9.17) is 5.73 Å². The van der Waals surface area contributed by atoms with Crippen molar-refractivity contribution in [3.63, 3.8) is 0 Å². The molecule has 2 atom stereocenters. The Morgan fingerprint density at radius 2 is 1.89 bits per heavy atom. The fraction of sp³-hybridized carbons (Fsp3) is 0.571. The van der Waals surface area contributed by atoms with Crippen molar-refractivity contribution in [1.82, 2.24) is 0 Å². The van der Waals surface area contributed by atoms with Crippen LogP contribution in [0.2, 0.25) is 0 Å². The minimum Gasteiger partial charge on any atom is -0.369 e. The molecule has 0 aliphatic carbocycles. The van der Waals surface area contributed by atoms with Gasteiger partial charge in [0, 0.05) is 24.5 Å². The summed E-state index contributed by atoms with van der Waals surface area (Å²) >= 11 is 0. The zero-order chi connectivity index (χ0) is 14.0. The topological polar surface area (TPSA) is 63.4 Å². The van der Waals surface area contributed by atoms with E-state index in [9.17, 15) is 8.42 Å². The predicted molar refractivity (Wildman–Crippen MR) is 78.1 cm³/mol. The maximum atomic E-state index is 11.5. The molecular formula is C14H22N2O2S. The average molecular weight is 282 g/mol. The Morgan fingerprint density at radius 1 is 1.26 bits per heavy atom. The maximum absolute atomic E-state index is 11.5. The highest BCUT2D eigenvalue weighted by Crippen LogP contribution is 2.28. The molecule has 4 nitrogen and oxygen atoms in total. The molecule has 0 spiro atoms. The Balaban J connectivity index is 2.21. The molecule has 1 aliphatic heterocycles. The van der Waals surface area contributed by atoms with Gasteiger partial charge in [-0.05, 0) is 56.5 Å². The van der Waals surface area contributed by atoms with Crippen LogP contribution in [0.3, 0.4) is 0 Å². The Labute approximate surface area is 115 Å². The first-order chi connectivity index (χ1) is 8.91. The van der Waals surface area contributed by atoms with E-state index in [0.29, 0.717) is 23.4 Å². The van der Waals surface area contributed by atoms with Gasteiger partial charge in [-0.3, -0.25) is 0 Å². The van der Waals surface area contributed by atoms with Gasteiger partial charge in [-0.25, -0.2) is 8.42 Å². The fourth-order valence-corrected chi connectivity index (χ4v) is 3.25. The first-order valence-corrected chi connectivity index (χ1v) is 8.58. The van der Waals surface area contributed by atoms with Gasteiger partial charge in [0.2, 0.25) is 0 Å². The van der Waals surface area contributed by atoms with Crippen molar-refractivity contribution in [2.45, 2.75) is 30.7 Å². The first-order valence-electron chi connectivity index (χ1n) is 6.68. The lowest BCUT2D eigenvalue weighted by Crippen LogP contribution is -2.43. The molecule has 1 aromatic rings. The van der Waals surface area contributed by atoms with Crippen LogP contribution in [0.4, 0.5) is 5.69 Å². The zero-order valence-electron chi connectivity index (χ0n) is 11.5. The second kappa shape index (κ2) is 5.51. The van der Waals surface area contributed by atoms with Crippen molar-refractivity contribution in [3.05, 3.63) is 24.3 Å². The van der Waals surface area contributed by atoms with E-state index in [1.165, 1.54) is 12.7 Å². The molecule has 1 saturated heterocycles. The smallest absolute Gasteiger partial charge is 0.175 e. The number of nitrogens with zero attached hydrogens (tertiary/aromatic N) is 1. The van der Waals surface area contributed by atoms with E-state index in [0.717, 1.165) is 18.7 Å². The van der Waals surface area contributed by atoms with Crippen LogP contribution in [0.5, 0.6) is 0 Å². The van der Waals surface area contributed by atoms with Gasteiger partial charge >= 0.3 is 0 Å². The second-order valence-electron chi connectivity index (χ2n) is 5.45. The molecule has 2 unspecified atom stereocenters. The number of hydrogen-bond donors (Lipinski definition) is 1. The molecule has 1 heterocycles. The molecule has 2 N–H and O–H groups in total. The molecule has 5 heteroatoms. The fourth-order valence-electron chi connectivity index (χ4n) is 2.62. The third kappa shape index (κ3) is 3.28. The first kappa shape index (κ1) is 14.3. The Hall–Kier alpha value is -1.07. The maximum Gasteiger partial charge on any atom is 0.175 e. The van der Waals surface area contributed by atoms with Crippen LogP contribution in [-0.2, 0) is 9.84 Å². The zero-order valence-corrected chi connectivity index (χ0v) is 12.4. The highest BCUT2D eigenvalue weighted by atomic mass is 32.2. The predicted octanol–water partition coefficient (Wildman–Crippen LogP) is 1.65. The van der Waals surface area contributed by atoms with Crippen molar-refractivity contribution >= 4 is 15.5 Å². The summed E-state index contributed by atoms with van der Waals surface area (Å²) in [5.74, 6) is 0.533. The molecule has 0 bridgehead atoms. The van der Waals surface area contributed by atoms with E-state index in [-0.39, 0.29) is 0 Å². The number of piperidine rings is 1. The van der Waals surface area contributed by atoms with E-state index < -0.39 is 9.84 Å². The van der Waals surface area contributed by atoms with Gasteiger partial charge < -0.3 is 10.6 Å². The molecule has 106 valence electrons. The Morgan fingerprint density at radius 3 is 2.42 bits per heavy atom. The van der Waals surface area contributed by atoms with Crippen molar-refractivity contribution in [1.29, 1.82) is 0 Å². The van der Waals surface area contributed by atoms with E-state index in [2.05, 4.69) is 11.8 Å². The summed E-state index contributed by atoms with van der Waals surface area (Å²) in [6.07, 6.45) is 3.54. The summed E-state index contributed by atoms with van der Waals surface area (Å²) in [5, 5.41) is 0. The summed E-state index contributed by atoms with van der Waals surface area (Å²) in [4.78, 5) is 2.70. The summed E-state index contributed by atoms with van der Waals surface area (Å²) in [6.45, 7) is 3.87. The highest BCUT2D eigenvalue weighted by molar-refractivity contribution is 7.90. The summed E-state index contributed by atoms with van der Waals surface area (Å²) in [7, 11) is -3.12. The van der Waals surface area contributed by atoms with E-state index in [1.54, 1.807) is 12.1 Å². The van der Waals surface area contributed by atoms with Gasteiger partial charge in [-0.15, -0.1) is 0 Å². The van der Waals surface area contributed by atoms with Gasteiger partial charge in [-0.2, -0.15) is 0 Å². The number of nitrogens with two attached hydrogens (primary N) is 1. The SMILES string of the molecule is CC1CCC(CN)CN1c1ccc(S(C)(=O)=O)cc1. The van der Waals surface area contributed by atoms with Crippen LogP contribution in [0.25, 0.3) is 0 Å². The molecule has 1 aliphatic rings. The molecule has 0 amide bonds. The monoisotopic (exact) mass is 282 g/mol. The van der Waals surface area contributed by atoms with Crippen molar-refractivity contribution in [2.24, 2.45) is 11.7 Å². The number of anilines is 1. The molecule has 19 heavy (non-hydrogen) atoms. The van der Waals surface area contributed by atoms with Crippen molar-refractivity contribution in [3.8, 4) is 0 Å². The van der Waals surface area contributed by atoms with Crippen LogP contribution < -0.4 is 10.6 Å². The number of sulfone groups is 1. The summed E-state index contributed by atoms with van der Waals surface area (Å²) in [5.41, 5.74) is 6.85.